The summed E-state index contributed by atoms with van der Waals surface area (Å²) >= 11 is 1.54. The van der Waals surface area contributed by atoms with Gasteiger partial charge in [-0.2, -0.15) is 4.98 Å². The number of nitrogens with zero attached hydrogens (tertiary/aromatic N) is 4. The zero-order valence-corrected chi connectivity index (χ0v) is 22.5. The van der Waals surface area contributed by atoms with Crippen LogP contribution >= 0.6 is 11.3 Å². The lowest BCUT2D eigenvalue weighted by Gasteiger charge is -2.22. The monoisotopic (exact) mass is 550 g/mol. The summed E-state index contributed by atoms with van der Waals surface area (Å²) in [5, 5.41) is 38.2. The van der Waals surface area contributed by atoms with Crippen molar-refractivity contribution in [3.63, 3.8) is 0 Å². The van der Waals surface area contributed by atoms with Crippen LogP contribution in [0.4, 0.5) is 16.2 Å². The number of nitrogens with one attached hydrogen (secondary N) is 2. The fraction of sp³-hybridized carbons (Fsp3) is 0.429. The van der Waals surface area contributed by atoms with Gasteiger partial charge in [-0.1, -0.05) is 12.1 Å². The van der Waals surface area contributed by atoms with Crippen molar-refractivity contribution in [1.29, 1.82) is 0 Å². The summed E-state index contributed by atoms with van der Waals surface area (Å²) in [5.41, 5.74) is 4.20. The Morgan fingerprint density at radius 3 is 2.54 bits per heavy atom. The molecule has 5 atom stereocenters. The van der Waals surface area contributed by atoms with Crippen LogP contribution in [0.5, 0.6) is 0 Å². The molecule has 2 saturated carbocycles. The molecule has 1 aromatic carbocycles. The molecule has 0 aliphatic heterocycles. The van der Waals surface area contributed by atoms with E-state index in [1.807, 2.05) is 26.1 Å². The van der Waals surface area contributed by atoms with E-state index >= 15 is 0 Å². The smallest absolute Gasteiger partial charge is 0.225 e. The Labute approximate surface area is 229 Å². The lowest BCUT2D eigenvalue weighted by molar-refractivity contribution is 0.00446. The Morgan fingerprint density at radius 1 is 1.08 bits per heavy atom. The maximum absolute atomic E-state index is 13.4. The van der Waals surface area contributed by atoms with Crippen molar-refractivity contribution in [2.24, 2.45) is 5.92 Å². The zero-order chi connectivity index (χ0) is 27.3. The second-order valence-electron chi connectivity index (χ2n) is 10.5. The van der Waals surface area contributed by atoms with E-state index in [0.717, 1.165) is 39.3 Å². The van der Waals surface area contributed by atoms with Crippen LogP contribution in [0.1, 0.15) is 55.1 Å². The van der Waals surface area contributed by atoms with Crippen LogP contribution in [0, 0.1) is 18.7 Å². The van der Waals surface area contributed by atoms with E-state index in [4.69, 9.17) is 15.0 Å². The molecule has 0 radical (unpaired) electrons. The minimum Gasteiger partial charge on any atom is -0.396 e. The van der Waals surface area contributed by atoms with E-state index in [1.165, 1.54) is 12.1 Å². The molecule has 5 unspecified atom stereocenters. The number of benzene rings is 1. The lowest BCUT2D eigenvalue weighted by atomic mass is 10.1. The summed E-state index contributed by atoms with van der Waals surface area (Å²) in [6.07, 6.45) is 2.34. The van der Waals surface area contributed by atoms with Gasteiger partial charge in [-0.05, 0) is 56.9 Å². The Balaban J connectivity index is 1.39. The number of fused-ring (bicyclic) bond motifs is 1. The summed E-state index contributed by atoms with van der Waals surface area (Å²) in [6, 6.07) is 7.50. The van der Waals surface area contributed by atoms with Gasteiger partial charge < -0.3 is 26.0 Å². The number of halogens is 1. The Morgan fingerprint density at radius 2 is 1.85 bits per heavy atom. The molecule has 204 valence electrons. The van der Waals surface area contributed by atoms with Gasteiger partial charge in [0.2, 0.25) is 5.95 Å². The number of thiazole rings is 1. The van der Waals surface area contributed by atoms with Crippen molar-refractivity contribution in [2.75, 3.05) is 17.2 Å². The highest BCUT2D eigenvalue weighted by molar-refractivity contribution is 7.21. The van der Waals surface area contributed by atoms with E-state index in [-0.39, 0.29) is 18.5 Å². The molecule has 39 heavy (non-hydrogen) atoms. The molecule has 9 nitrogen and oxygen atoms in total. The highest BCUT2D eigenvalue weighted by Gasteiger charge is 2.41. The number of aliphatic hydroxyl groups excluding tert-OH is 3. The molecule has 2 aliphatic carbocycles. The molecule has 0 bridgehead atoms. The number of hydrogen-bond acceptors (Lipinski definition) is 10. The molecule has 3 aromatic heterocycles. The average molecular weight is 551 g/mol. The number of aromatic nitrogens is 4. The maximum Gasteiger partial charge on any atom is 0.225 e. The number of aryl methyl sites for hydroxylation is 1. The average Bonchev–Trinajstić information content (AvgIpc) is 3.62. The quantitative estimate of drug-likeness (QED) is 0.219. The van der Waals surface area contributed by atoms with E-state index in [1.54, 1.807) is 23.5 Å². The predicted octanol–water partition coefficient (Wildman–Crippen LogP) is 4.16. The summed E-state index contributed by atoms with van der Waals surface area (Å²) in [6.45, 7) is 3.61. The van der Waals surface area contributed by atoms with Gasteiger partial charge >= 0.3 is 0 Å². The van der Waals surface area contributed by atoms with Gasteiger partial charge in [0.1, 0.15) is 28.3 Å². The molecule has 0 spiro atoms. The van der Waals surface area contributed by atoms with Crippen LogP contribution in [0.3, 0.4) is 0 Å². The zero-order valence-electron chi connectivity index (χ0n) is 21.7. The molecule has 2 fully saturated rings. The van der Waals surface area contributed by atoms with Crippen LogP contribution in [0.15, 0.2) is 36.5 Å². The molecule has 5 N–H and O–H groups in total. The van der Waals surface area contributed by atoms with Gasteiger partial charge in [0.05, 0.1) is 39.8 Å². The standard InChI is InChI=1S/C28H31FN6O3S/c1-13(15-5-7-18(29)8-6-15)31-28-32-14(2)21(26(35-28)33-19-11-17(12-36)24(37)25(19)38)27-34-23-20(39-27)9-10-30-22(23)16-3-4-16/h5-10,13,16-17,19,24-25,36-38H,3-4,11-12H2,1-2H3,(H2,31,32,33,35). The van der Waals surface area contributed by atoms with Crippen molar-refractivity contribution in [3.05, 3.63) is 59.3 Å². The predicted molar refractivity (Wildman–Crippen MR) is 148 cm³/mol. The summed E-state index contributed by atoms with van der Waals surface area (Å²) < 4.78 is 14.5. The fourth-order valence-electron chi connectivity index (χ4n) is 5.29. The highest BCUT2D eigenvalue weighted by atomic mass is 32.1. The maximum atomic E-state index is 13.4. The van der Waals surface area contributed by atoms with Crippen molar-refractivity contribution >= 4 is 33.3 Å². The van der Waals surface area contributed by atoms with Crippen LogP contribution in [0.2, 0.25) is 0 Å². The first kappa shape index (κ1) is 26.0. The third-order valence-corrected chi connectivity index (χ3v) is 8.72. The van der Waals surface area contributed by atoms with Gasteiger partial charge in [0.25, 0.3) is 0 Å². The molecule has 0 amide bonds. The highest BCUT2D eigenvalue weighted by Crippen LogP contribution is 2.44. The van der Waals surface area contributed by atoms with Gasteiger partial charge in [-0.3, -0.25) is 4.98 Å². The van der Waals surface area contributed by atoms with Gasteiger partial charge in [-0.15, -0.1) is 11.3 Å². The number of anilines is 2. The minimum atomic E-state index is -1.07. The van der Waals surface area contributed by atoms with Crippen molar-refractivity contribution in [2.45, 2.75) is 63.3 Å². The van der Waals surface area contributed by atoms with Gasteiger partial charge in [0.15, 0.2) is 0 Å². The molecule has 0 saturated heterocycles. The topological polar surface area (TPSA) is 136 Å². The lowest BCUT2D eigenvalue weighted by Crippen LogP contribution is -2.35. The normalized spacial score (nSPS) is 23.7. The third-order valence-electron chi connectivity index (χ3n) is 7.68. The SMILES string of the molecule is Cc1nc(NC(C)c2ccc(F)cc2)nc(NC2CC(CO)C(O)C2O)c1-c1nc2c(C3CC3)nccc2s1. The largest absolute Gasteiger partial charge is 0.396 e. The second-order valence-corrected chi connectivity index (χ2v) is 11.6. The molecule has 2 aliphatic rings. The number of pyridine rings is 1. The van der Waals surface area contributed by atoms with Crippen molar-refractivity contribution < 1.29 is 19.7 Å². The van der Waals surface area contributed by atoms with Gasteiger partial charge in [-0.25, -0.2) is 14.4 Å². The summed E-state index contributed by atoms with van der Waals surface area (Å²) in [4.78, 5) is 19.1. The number of hydrogen-bond donors (Lipinski definition) is 5. The minimum absolute atomic E-state index is 0.198. The van der Waals surface area contributed by atoms with Crippen LogP contribution in [-0.4, -0.2) is 60.1 Å². The molecule has 6 rings (SSSR count). The first-order chi connectivity index (χ1) is 18.8. The fourth-order valence-corrected chi connectivity index (χ4v) is 6.36. The van der Waals surface area contributed by atoms with E-state index in [2.05, 4.69) is 15.6 Å². The first-order valence-corrected chi connectivity index (χ1v) is 14.0. The Bertz CT molecular complexity index is 1490. The van der Waals surface area contributed by atoms with E-state index in [9.17, 15) is 19.7 Å². The van der Waals surface area contributed by atoms with Crippen LogP contribution < -0.4 is 10.6 Å². The molecular weight excluding hydrogens is 519 g/mol. The summed E-state index contributed by atoms with van der Waals surface area (Å²) in [7, 11) is 0. The Kier molecular flexibility index (Phi) is 6.92. The number of rotatable bonds is 8. The van der Waals surface area contributed by atoms with Crippen LogP contribution in [0.25, 0.3) is 20.8 Å². The first-order valence-electron chi connectivity index (χ1n) is 13.2. The van der Waals surface area contributed by atoms with E-state index < -0.39 is 24.2 Å². The Hall–Kier alpha value is -3.25. The second kappa shape index (κ2) is 10.4. The third kappa shape index (κ3) is 5.07. The van der Waals surface area contributed by atoms with Crippen molar-refractivity contribution in [3.8, 4) is 10.6 Å². The summed E-state index contributed by atoms with van der Waals surface area (Å²) in [5.74, 6) is 0.552. The van der Waals surface area contributed by atoms with Crippen LogP contribution in [-0.2, 0) is 0 Å². The van der Waals surface area contributed by atoms with E-state index in [0.29, 0.717) is 35.4 Å². The molecular formula is C28H31FN6O3S. The van der Waals surface area contributed by atoms with Gasteiger partial charge in [0, 0.05) is 24.6 Å². The number of aliphatic hydroxyl groups is 3. The van der Waals surface area contributed by atoms with Crippen molar-refractivity contribution in [1.82, 2.24) is 19.9 Å². The molecule has 3 heterocycles. The molecule has 11 heteroatoms. The molecule has 4 aromatic rings.